The predicted molar refractivity (Wildman–Crippen MR) is 44.6 cm³/mol. The van der Waals surface area contributed by atoms with Gasteiger partial charge >= 0.3 is 0 Å². The quantitative estimate of drug-likeness (QED) is 0.802. The second-order valence-electron chi connectivity index (χ2n) is 2.55. The molecule has 2 nitrogen and oxygen atoms in total. The van der Waals surface area contributed by atoms with E-state index in [1.54, 1.807) is 0 Å². The van der Waals surface area contributed by atoms with Crippen molar-refractivity contribution in [3.8, 4) is 0 Å². The van der Waals surface area contributed by atoms with Crippen molar-refractivity contribution in [1.82, 2.24) is 4.98 Å². The molecule has 6 heteroatoms. The fourth-order valence-electron chi connectivity index (χ4n) is 0.999. The zero-order valence-corrected chi connectivity index (χ0v) is 7.73. The van der Waals surface area contributed by atoms with Crippen LogP contribution in [0.3, 0.4) is 0 Å². The Morgan fingerprint density at radius 3 is 2.57 bits per heavy atom. The first-order valence-electron chi connectivity index (χ1n) is 3.73. The fourth-order valence-corrected chi connectivity index (χ4v) is 1.22. The molecule has 0 aliphatic rings. The van der Waals surface area contributed by atoms with E-state index in [-0.39, 0.29) is 17.1 Å². The number of halogens is 4. The highest BCUT2D eigenvalue weighted by atomic mass is 35.5. The van der Waals surface area contributed by atoms with Crippen LogP contribution in [0, 0.1) is 5.82 Å². The largest absolute Gasteiger partial charge is 0.391 e. The van der Waals surface area contributed by atoms with Crippen LogP contribution in [0.2, 0.25) is 0 Å². The number of aliphatic hydroxyl groups is 1. The molecule has 0 radical (unpaired) electrons. The van der Waals surface area contributed by atoms with E-state index < -0.39 is 24.5 Å². The molecule has 0 unspecified atom stereocenters. The Kier molecular flexibility index (Phi) is 3.71. The highest BCUT2D eigenvalue weighted by Gasteiger charge is 2.16. The number of aliphatic hydroxyl groups excluding tert-OH is 1. The number of alkyl halides is 3. The van der Waals surface area contributed by atoms with E-state index in [0.29, 0.717) is 6.07 Å². The van der Waals surface area contributed by atoms with Crippen molar-refractivity contribution < 1.29 is 18.3 Å². The van der Waals surface area contributed by atoms with Crippen molar-refractivity contribution in [3.63, 3.8) is 0 Å². The summed E-state index contributed by atoms with van der Waals surface area (Å²) in [6.45, 7) is -0.607. The summed E-state index contributed by atoms with van der Waals surface area (Å²) in [4.78, 5) is 3.44. The van der Waals surface area contributed by atoms with Gasteiger partial charge in [0.05, 0.1) is 18.2 Å². The second-order valence-corrected chi connectivity index (χ2v) is 2.81. The predicted octanol–water partition coefficient (Wildman–Crippen LogP) is 2.39. The van der Waals surface area contributed by atoms with Gasteiger partial charge in [-0.1, -0.05) is 0 Å². The normalized spacial score (nSPS) is 11.0. The van der Waals surface area contributed by atoms with Gasteiger partial charge in [-0.3, -0.25) is 0 Å². The number of hydrogen-bond donors (Lipinski definition) is 1. The van der Waals surface area contributed by atoms with Crippen LogP contribution in [-0.4, -0.2) is 10.1 Å². The molecule has 0 aliphatic heterocycles. The summed E-state index contributed by atoms with van der Waals surface area (Å²) in [6.07, 6.45) is -2.85. The van der Waals surface area contributed by atoms with Crippen molar-refractivity contribution >= 4 is 11.6 Å². The molecular weight excluding hydrogens is 219 g/mol. The second kappa shape index (κ2) is 4.61. The first kappa shape index (κ1) is 11.3. The highest BCUT2D eigenvalue weighted by Crippen LogP contribution is 2.22. The first-order valence-corrected chi connectivity index (χ1v) is 4.26. The van der Waals surface area contributed by atoms with Gasteiger partial charge in [-0.05, 0) is 0 Å². The van der Waals surface area contributed by atoms with Crippen molar-refractivity contribution in [2.75, 3.05) is 0 Å². The van der Waals surface area contributed by atoms with Gasteiger partial charge in [0.1, 0.15) is 11.5 Å². The summed E-state index contributed by atoms with van der Waals surface area (Å²) >= 11 is 5.37. The Morgan fingerprint density at radius 1 is 1.50 bits per heavy atom. The van der Waals surface area contributed by atoms with Gasteiger partial charge in [0, 0.05) is 11.6 Å². The van der Waals surface area contributed by atoms with Crippen LogP contribution in [-0.2, 0) is 12.5 Å². The molecule has 0 saturated carbocycles. The van der Waals surface area contributed by atoms with E-state index in [0.717, 1.165) is 0 Å². The molecule has 0 atom stereocenters. The molecule has 14 heavy (non-hydrogen) atoms. The maximum Gasteiger partial charge on any atom is 0.280 e. The minimum atomic E-state index is -2.85. The topological polar surface area (TPSA) is 33.1 Å². The van der Waals surface area contributed by atoms with E-state index in [1.807, 2.05) is 0 Å². The van der Waals surface area contributed by atoms with E-state index in [1.165, 1.54) is 0 Å². The molecule has 1 aromatic rings. The maximum atomic E-state index is 13.1. The summed E-state index contributed by atoms with van der Waals surface area (Å²) < 4.78 is 37.4. The lowest BCUT2D eigenvalue weighted by Crippen LogP contribution is -2.04. The Balaban J connectivity index is 3.24. The zero-order valence-electron chi connectivity index (χ0n) is 6.98. The molecule has 0 aromatic carbocycles. The molecule has 1 N–H and O–H groups in total. The van der Waals surface area contributed by atoms with Crippen molar-refractivity contribution in [3.05, 3.63) is 28.8 Å². The van der Waals surface area contributed by atoms with Crippen molar-refractivity contribution in [1.29, 1.82) is 0 Å². The average Bonchev–Trinajstić information content (AvgIpc) is 2.16. The van der Waals surface area contributed by atoms with Gasteiger partial charge in [0.15, 0.2) is 0 Å². The van der Waals surface area contributed by atoms with Crippen LogP contribution in [0.15, 0.2) is 6.07 Å². The smallest absolute Gasteiger partial charge is 0.280 e. The molecule has 78 valence electrons. The monoisotopic (exact) mass is 225 g/mol. The van der Waals surface area contributed by atoms with Crippen molar-refractivity contribution in [2.24, 2.45) is 0 Å². The molecule has 0 spiro atoms. The Morgan fingerprint density at radius 2 is 2.14 bits per heavy atom. The Labute approximate surface area is 83.3 Å². The van der Waals surface area contributed by atoms with Crippen LogP contribution in [0.25, 0.3) is 0 Å². The minimum absolute atomic E-state index is 0.0514. The lowest BCUT2D eigenvalue weighted by atomic mass is 10.2. The fraction of sp³-hybridized carbons (Fsp3) is 0.375. The number of rotatable bonds is 3. The lowest BCUT2D eigenvalue weighted by Gasteiger charge is -2.07. The van der Waals surface area contributed by atoms with Crippen LogP contribution in [0.5, 0.6) is 0 Å². The number of hydrogen-bond acceptors (Lipinski definition) is 2. The lowest BCUT2D eigenvalue weighted by molar-refractivity contribution is 0.145. The molecular formula is C8H7ClF3NO. The summed E-state index contributed by atoms with van der Waals surface area (Å²) in [5.74, 6) is -1.12. The van der Waals surface area contributed by atoms with Crippen LogP contribution < -0.4 is 0 Å². The summed E-state index contributed by atoms with van der Waals surface area (Å²) in [7, 11) is 0. The molecule has 1 rings (SSSR count). The molecule has 1 heterocycles. The molecule has 0 fully saturated rings. The maximum absolute atomic E-state index is 13.1. The standard InChI is InChI=1S/C8H7ClF3NO/c9-2-7-4(3-14)5(10)1-6(13-7)8(11)12/h1,8,14H,2-3H2. The minimum Gasteiger partial charge on any atom is -0.391 e. The SMILES string of the molecule is OCc1c(F)cc(C(F)F)nc1CCl. The Hall–Kier alpha value is -0.810. The van der Waals surface area contributed by atoms with Crippen molar-refractivity contribution in [2.45, 2.75) is 18.9 Å². The van der Waals surface area contributed by atoms with E-state index in [4.69, 9.17) is 16.7 Å². The van der Waals surface area contributed by atoms with Gasteiger partial charge in [-0.2, -0.15) is 0 Å². The number of pyridine rings is 1. The average molecular weight is 226 g/mol. The van der Waals surface area contributed by atoms with E-state index in [9.17, 15) is 13.2 Å². The van der Waals surface area contributed by atoms with Gasteiger partial charge in [-0.25, -0.2) is 18.2 Å². The number of nitrogens with zero attached hydrogens (tertiary/aromatic N) is 1. The molecule has 0 bridgehead atoms. The third kappa shape index (κ3) is 2.16. The third-order valence-electron chi connectivity index (χ3n) is 1.68. The van der Waals surface area contributed by atoms with Crippen LogP contribution >= 0.6 is 11.6 Å². The van der Waals surface area contributed by atoms with E-state index in [2.05, 4.69) is 4.98 Å². The van der Waals surface area contributed by atoms with Crippen LogP contribution in [0.4, 0.5) is 13.2 Å². The van der Waals surface area contributed by atoms with Gasteiger partial charge in [0.25, 0.3) is 6.43 Å². The van der Waals surface area contributed by atoms with Crippen LogP contribution in [0.1, 0.15) is 23.4 Å². The van der Waals surface area contributed by atoms with Gasteiger partial charge in [-0.15, -0.1) is 11.6 Å². The third-order valence-corrected chi connectivity index (χ3v) is 1.94. The summed E-state index contributed by atoms with van der Waals surface area (Å²) in [5.41, 5.74) is -0.857. The zero-order chi connectivity index (χ0) is 10.7. The Bertz CT molecular complexity index is 333. The molecule has 0 saturated heterocycles. The number of aromatic nitrogens is 1. The van der Waals surface area contributed by atoms with E-state index >= 15 is 0 Å². The van der Waals surface area contributed by atoms with Gasteiger partial charge in [0.2, 0.25) is 0 Å². The molecule has 0 amide bonds. The summed E-state index contributed by atoms with van der Waals surface area (Å²) in [5, 5.41) is 8.73. The molecule has 0 aliphatic carbocycles. The molecule has 1 aromatic heterocycles. The van der Waals surface area contributed by atoms with Gasteiger partial charge < -0.3 is 5.11 Å². The summed E-state index contributed by atoms with van der Waals surface area (Å²) in [6, 6.07) is 0.603. The highest BCUT2D eigenvalue weighted by molar-refractivity contribution is 6.17. The first-order chi connectivity index (χ1) is 6.60.